The van der Waals surface area contributed by atoms with E-state index in [0.29, 0.717) is 5.75 Å². The van der Waals surface area contributed by atoms with Gasteiger partial charge in [-0.2, -0.15) is 0 Å². The van der Waals surface area contributed by atoms with E-state index in [0.717, 1.165) is 6.42 Å². The zero-order valence-electron chi connectivity index (χ0n) is 14.4. The number of hydrogen-bond donors (Lipinski definition) is 1. The van der Waals surface area contributed by atoms with Crippen molar-refractivity contribution >= 4 is 0 Å². The van der Waals surface area contributed by atoms with Crippen molar-refractivity contribution in [3.05, 3.63) is 42.0 Å². The van der Waals surface area contributed by atoms with Gasteiger partial charge in [-0.1, -0.05) is 76.2 Å². The van der Waals surface area contributed by atoms with E-state index >= 15 is 0 Å². The van der Waals surface area contributed by atoms with Crippen LogP contribution in [0.3, 0.4) is 0 Å². The predicted molar refractivity (Wildman–Crippen MR) is 97.4 cm³/mol. The van der Waals surface area contributed by atoms with Crippen molar-refractivity contribution in [2.24, 2.45) is 0 Å². The maximum atomic E-state index is 9.41. The van der Waals surface area contributed by atoms with Gasteiger partial charge in [0, 0.05) is 0 Å². The molecule has 0 heterocycles. The number of allylic oxidation sites excluding steroid dienone is 2. The minimum atomic E-state index is 0.391. The quantitative estimate of drug-likeness (QED) is 0.314. The number of hydrogen-bond acceptors (Lipinski definition) is 1. The molecule has 0 atom stereocenters. The minimum absolute atomic E-state index is 0.391. The van der Waals surface area contributed by atoms with Crippen LogP contribution in [0.4, 0.5) is 0 Å². The van der Waals surface area contributed by atoms with Gasteiger partial charge in [-0.05, 0) is 49.8 Å². The second-order valence-electron chi connectivity index (χ2n) is 6.30. The van der Waals surface area contributed by atoms with Crippen LogP contribution in [0, 0.1) is 0 Å². The molecule has 0 radical (unpaired) electrons. The van der Waals surface area contributed by atoms with E-state index in [1.807, 2.05) is 12.1 Å². The largest absolute Gasteiger partial charge is 0.508 e. The maximum absolute atomic E-state index is 9.41. The van der Waals surface area contributed by atoms with Crippen molar-refractivity contribution in [2.75, 3.05) is 0 Å². The third-order valence-electron chi connectivity index (χ3n) is 4.12. The van der Waals surface area contributed by atoms with E-state index in [9.17, 15) is 5.11 Å². The van der Waals surface area contributed by atoms with E-state index in [-0.39, 0.29) is 0 Å². The molecule has 0 aliphatic rings. The van der Waals surface area contributed by atoms with Crippen LogP contribution in [0.25, 0.3) is 0 Å². The fraction of sp³-hybridized carbons (Fsp3) is 0.619. The Bertz CT molecular complexity index is 395. The molecule has 1 rings (SSSR count). The number of benzene rings is 1. The lowest BCUT2D eigenvalue weighted by molar-refractivity contribution is 0.474. The highest BCUT2D eigenvalue weighted by Gasteiger charge is 1.96. The van der Waals surface area contributed by atoms with E-state index in [4.69, 9.17) is 0 Å². The summed E-state index contributed by atoms with van der Waals surface area (Å²) in [5.74, 6) is 0.391. The fourth-order valence-corrected chi connectivity index (χ4v) is 2.77. The van der Waals surface area contributed by atoms with E-state index in [1.165, 1.54) is 76.2 Å². The van der Waals surface area contributed by atoms with Crippen molar-refractivity contribution in [1.82, 2.24) is 0 Å². The van der Waals surface area contributed by atoms with Crippen LogP contribution in [-0.4, -0.2) is 5.11 Å². The second-order valence-corrected chi connectivity index (χ2v) is 6.30. The van der Waals surface area contributed by atoms with Crippen molar-refractivity contribution in [1.29, 1.82) is 0 Å². The smallest absolute Gasteiger partial charge is 0.115 e. The molecule has 0 spiro atoms. The molecule has 124 valence electrons. The molecule has 0 bridgehead atoms. The average Bonchev–Trinajstić information content (AvgIpc) is 2.52. The fourth-order valence-electron chi connectivity index (χ4n) is 2.77. The van der Waals surface area contributed by atoms with Gasteiger partial charge in [-0.3, -0.25) is 0 Å². The van der Waals surface area contributed by atoms with Crippen molar-refractivity contribution in [3.8, 4) is 5.75 Å². The second kappa shape index (κ2) is 13.4. The molecular weight excluding hydrogens is 268 g/mol. The first-order valence-electron chi connectivity index (χ1n) is 9.26. The lowest BCUT2D eigenvalue weighted by Gasteiger charge is -2.03. The maximum Gasteiger partial charge on any atom is 0.115 e. The first kappa shape index (κ1) is 18.8. The Morgan fingerprint density at radius 3 is 2.14 bits per heavy atom. The summed E-state index contributed by atoms with van der Waals surface area (Å²) in [5, 5.41) is 9.41. The molecule has 0 aliphatic carbocycles. The highest BCUT2D eigenvalue weighted by molar-refractivity contribution is 5.27. The highest BCUT2D eigenvalue weighted by Crippen LogP contribution is 2.15. The van der Waals surface area contributed by atoms with Crippen LogP contribution in [0.15, 0.2) is 36.4 Å². The van der Waals surface area contributed by atoms with Crippen LogP contribution >= 0.6 is 0 Å². The standard InChI is InChI=1S/C21H34O/c1-2-3-4-5-6-7-8-9-10-11-12-13-14-16-20-17-15-18-21(22)19-20/h4-5,15,17-19,22H,2-3,6-14,16H2,1H3/b5-4+. The third kappa shape index (κ3) is 10.5. The number of phenols is 1. The Labute approximate surface area is 137 Å². The molecule has 1 heteroatoms. The summed E-state index contributed by atoms with van der Waals surface area (Å²) < 4.78 is 0. The summed E-state index contributed by atoms with van der Waals surface area (Å²) in [6, 6.07) is 7.66. The molecule has 0 saturated heterocycles. The predicted octanol–water partition coefficient (Wildman–Crippen LogP) is 6.80. The van der Waals surface area contributed by atoms with E-state index in [2.05, 4.69) is 25.1 Å². The molecule has 1 N–H and O–H groups in total. The van der Waals surface area contributed by atoms with Gasteiger partial charge in [-0.15, -0.1) is 0 Å². The molecule has 1 aromatic rings. The molecule has 1 aromatic carbocycles. The van der Waals surface area contributed by atoms with Gasteiger partial charge in [0.15, 0.2) is 0 Å². The molecule has 22 heavy (non-hydrogen) atoms. The van der Waals surface area contributed by atoms with Gasteiger partial charge >= 0.3 is 0 Å². The van der Waals surface area contributed by atoms with Gasteiger partial charge in [0.25, 0.3) is 0 Å². The summed E-state index contributed by atoms with van der Waals surface area (Å²) in [5.41, 5.74) is 1.26. The van der Waals surface area contributed by atoms with Crippen LogP contribution < -0.4 is 0 Å². The number of unbranched alkanes of at least 4 members (excludes halogenated alkanes) is 9. The molecular formula is C21H34O. The average molecular weight is 303 g/mol. The Kier molecular flexibility index (Phi) is 11.5. The number of phenolic OH excluding ortho intramolecular Hbond substituents is 1. The molecule has 0 aromatic heterocycles. The van der Waals surface area contributed by atoms with Crippen molar-refractivity contribution < 1.29 is 5.11 Å². The SMILES string of the molecule is CCC/C=C/CCCCCCCCCCc1cccc(O)c1. The monoisotopic (exact) mass is 302 g/mol. The van der Waals surface area contributed by atoms with Crippen molar-refractivity contribution in [2.45, 2.75) is 84.0 Å². The first-order valence-corrected chi connectivity index (χ1v) is 9.26. The molecule has 1 nitrogen and oxygen atoms in total. The Morgan fingerprint density at radius 2 is 1.45 bits per heavy atom. The molecule has 0 amide bonds. The number of aromatic hydroxyl groups is 1. The van der Waals surface area contributed by atoms with Gasteiger partial charge in [-0.25, -0.2) is 0 Å². The van der Waals surface area contributed by atoms with E-state index in [1.54, 1.807) is 6.07 Å². The zero-order chi connectivity index (χ0) is 15.9. The molecule has 0 saturated carbocycles. The van der Waals surface area contributed by atoms with Crippen LogP contribution in [0.1, 0.15) is 83.1 Å². The summed E-state index contributed by atoms with van der Waals surface area (Å²) in [7, 11) is 0. The Morgan fingerprint density at radius 1 is 0.818 bits per heavy atom. The molecule has 0 unspecified atom stereocenters. The topological polar surface area (TPSA) is 20.2 Å². The van der Waals surface area contributed by atoms with Gasteiger partial charge in [0.05, 0.1) is 0 Å². The third-order valence-corrected chi connectivity index (χ3v) is 4.12. The Balaban J connectivity index is 1.84. The lowest BCUT2D eigenvalue weighted by atomic mass is 10.0. The van der Waals surface area contributed by atoms with Gasteiger partial charge in [0.1, 0.15) is 5.75 Å². The highest BCUT2D eigenvalue weighted by atomic mass is 16.3. The Hall–Kier alpha value is -1.24. The van der Waals surface area contributed by atoms with Gasteiger partial charge < -0.3 is 5.11 Å². The summed E-state index contributed by atoms with van der Waals surface area (Å²) in [4.78, 5) is 0. The molecule has 0 fully saturated rings. The summed E-state index contributed by atoms with van der Waals surface area (Å²) >= 11 is 0. The van der Waals surface area contributed by atoms with Crippen LogP contribution in [-0.2, 0) is 6.42 Å². The normalized spacial score (nSPS) is 11.3. The summed E-state index contributed by atoms with van der Waals surface area (Å²) in [6.45, 7) is 2.23. The van der Waals surface area contributed by atoms with Crippen molar-refractivity contribution in [3.63, 3.8) is 0 Å². The van der Waals surface area contributed by atoms with Gasteiger partial charge in [0.2, 0.25) is 0 Å². The van der Waals surface area contributed by atoms with E-state index < -0.39 is 0 Å². The minimum Gasteiger partial charge on any atom is -0.508 e. The van der Waals surface area contributed by atoms with Crippen LogP contribution in [0.5, 0.6) is 5.75 Å². The number of rotatable bonds is 13. The number of aryl methyl sites for hydroxylation is 1. The lowest BCUT2D eigenvalue weighted by Crippen LogP contribution is -1.86. The summed E-state index contributed by atoms with van der Waals surface area (Å²) in [6.07, 6.45) is 20.4. The zero-order valence-corrected chi connectivity index (χ0v) is 14.4. The van der Waals surface area contributed by atoms with Crippen LogP contribution in [0.2, 0.25) is 0 Å². The molecule has 0 aliphatic heterocycles. The first-order chi connectivity index (χ1) is 10.8.